The Bertz CT molecular complexity index is 174. The zero-order valence-corrected chi connectivity index (χ0v) is 10.6. The highest BCUT2D eigenvalue weighted by atomic mass is 32.1. The van der Waals surface area contributed by atoms with Gasteiger partial charge in [-0.15, -0.1) is 0 Å². The number of carbonyl (C=O) groups excluding carboxylic acids is 1. The summed E-state index contributed by atoms with van der Waals surface area (Å²) in [6, 6.07) is 0.280. The molecule has 0 bridgehead atoms. The van der Waals surface area contributed by atoms with E-state index in [1.54, 1.807) is 0 Å². The molecule has 84 valence electrons. The molecule has 1 unspecified atom stereocenters. The summed E-state index contributed by atoms with van der Waals surface area (Å²) in [7, 11) is 4.04. The third-order valence-corrected chi connectivity index (χ3v) is 2.37. The van der Waals surface area contributed by atoms with Crippen LogP contribution < -0.4 is 0 Å². The fraction of sp³-hybridized carbons (Fsp3) is 0.900. The number of hydrogen-bond donors (Lipinski definition) is 1. The molecule has 0 aromatic carbocycles. The van der Waals surface area contributed by atoms with Gasteiger partial charge in [0.2, 0.25) is 5.91 Å². The molecule has 1 atom stereocenters. The van der Waals surface area contributed by atoms with E-state index in [0.29, 0.717) is 12.2 Å². The molecule has 0 N–H and O–H groups in total. The van der Waals surface area contributed by atoms with Crippen molar-refractivity contribution in [2.75, 3.05) is 32.9 Å². The Morgan fingerprint density at radius 2 is 2.00 bits per heavy atom. The molecule has 14 heavy (non-hydrogen) atoms. The van der Waals surface area contributed by atoms with Gasteiger partial charge in [-0.1, -0.05) is 0 Å². The van der Waals surface area contributed by atoms with Gasteiger partial charge < -0.3 is 9.80 Å². The van der Waals surface area contributed by atoms with E-state index in [-0.39, 0.29) is 11.9 Å². The highest BCUT2D eigenvalue weighted by Crippen LogP contribution is 2.03. The molecule has 3 nitrogen and oxygen atoms in total. The van der Waals surface area contributed by atoms with Crippen molar-refractivity contribution in [1.29, 1.82) is 0 Å². The Morgan fingerprint density at radius 1 is 1.43 bits per heavy atom. The van der Waals surface area contributed by atoms with Gasteiger partial charge in [0.25, 0.3) is 0 Å². The number of rotatable bonds is 6. The number of hydrogen-bond acceptors (Lipinski definition) is 3. The van der Waals surface area contributed by atoms with Gasteiger partial charge in [-0.3, -0.25) is 4.79 Å². The first kappa shape index (κ1) is 13.8. The van der Waals surface area contributed by atoms with Gasteiger partial charge in [0.1, 0.15) is 0 Å². The van der Waals surface area contributed by atoms with Crippen LogP contribution in [0.15, 0.2) is 0 Å². The lowest BCUT2D eigenvalue weighted by molar-refractivity contribution is -0.132. The Morgan fingerprint density at radius 3 is 2.36 bits per heavy atom. The fourth-order valence-corrected chi connectivity index (χ4v) is 1.79. The number of likely N-dealkylation sites (N-methyl/N-ethyl adjacent to an activating group) is 2. The first-order chi connectivity index (χ1) is 6.52. The first-order valence-electron chi connectivity index (χ1n) is 5.08. The molecular weight excluding hydrogens is 196 g/mol. The van der Waals surface area contributed by atoms with Crippen LogP contribution in [0.1, 0.15) is 20.3 Å². The lowest BCUT2D eigenvalue weighted by Gasteiger charge is -2.30. The summed E-state index contributed by atoms with van der Waals surface area (Å²) < 4.78 is 0. The quantitative estimate of drug-likeness (QED) is 0.675. The second-order valence-electron chi connectivity index (χ2n) is 3.76. The van der Waals surface area contributed by atoms with Gasteiger partial charge in [-0.25, -0.2) is 0 Å². The fourth-order valence-electron chi connectivity index (χ4n) is 1.60. The zero-order chi connectivity index (χ0) is 11.1. The summed E-state index contributed by atoms with van der Waals surface area (Å²) in [6.45, 7) is 5.79. The minimum atomic E-state index is 0.205. The average Bonchev–Trinajstić information content (AvgIpc) is 2.04. The molecule has 0 heterocycles. The van der Waals surface area contributed by atoms with Gasteiger partial charge in [0.05, 0.1) is 0 Å². The highest BCUT2D eigenvalue weighted by molar-refractivity contribution is 7.80. The van der Waals surface area contributed by atoms with Crippen molar-refractivity contribution in [3.8, 4) is 0 Å². The van der Waals surface area contributed by atoms with Gasteiger partial charge in [-0.05, 0) is 33.7 Å². The summed E-state index contributed by atoms with van der Waals surface area (Å²) in [5, 5.41) is 0. The molecular formula is C10H22N2OS. The molecule has 0 aliphatic carbocycles. The topological polar surface area (TPSA) is 23.6 Å². The number of thiol groups is 1. The molecule has 1 amide bonds. The van der Waals surface area contributed by atoms with Crippen LogP contribution in [0, 0.1) is 0 Å². The van der Waals surface area contributed by atoms with Crippen LogP contribution in [0.3, 0.4) is 0 Å². The molecule has 0 fully saturated rings. The molecule has 0 aliphatic rings. The Labute approximate surface area is 92.9 Å². The van der Waals surface area contributed by atoms with Crippen LogP contribution in [0.25, 0.3) is 0 Å². The molecule has 0 rings (SSSR count). The maximum Gasteiger partial charge on any atom is 0.223 e. The van der Waals surface area contributed by atoms with E-state index < -0.39 is 0 Å². The van der Waals surface area contributed by atoms with Crippen LogP contribution in [0.5, 0.6) is 0 Å². The second kappa shape index (κ2) is 7.12. The maximum atomic E-state index is 11.7. The minimum absolute atomic E-state index is 0.205. The van der Waals surface area contributed by atoms with Gasteiger partial charge in [0, 0.05) is 25.6 Å². The summed E-state index contributed by atoms with van der Waals surface area (Å²) in [5.74, 6) is 0.834. The van der Waals surface area contributed by atoms with Gasteiger partial charge in [0.15, 0.2) is 0 Å². The molecule has 0 radical (unpaired) electrons. The van der Waals surface area contributed by atoms with E-state index in [2.05, 4.69) is 24.5 Å². The number of amides is 1. The normalized spacial score (nSPS) is 13.0. The lowest BCUT2D eigenvalue weighted by atomic mass is 10.2. The van der Waals surface area contributed by atoms with Gasteiger partial charge in [-0.2, -0.15) is 12.6 Å². The largest absolute Gasteiger partial charge is 0.339 e. The van der Waals surface area contributed by atoms with Crippen LogP contribution in [0.4, 0.5) is 0 Å². The van der Waals surface area contributed by atoms with Crippen molar-refractivity contribution >= 4 is 18.5 Å². The van der Waals surface area contributed by atoms with E-state index in [4.69, 9.17) is 0 Å². The molecule has 0 spiro atoms. The van der Waals surface area contributed by atoms with Crippen LogP contribution in [-0.4, -0.2) is 54.7 Å². The summed E-state index contributed by atoms with van der Waals surface area (Å²) in [4.78, 5) is 15.7. The summed E-state index contributed by atoms with van der Waals surface area (Å²) in [5.41, 5.74) is 0. The molecule has 0 saturated heterocycles. The van der Waals surface area contributed by atoms with Crippen molar-refractivity contribution < 1.29 is 4.79 Å². The van der Waals surface area contributed by atoms with Crippen molar-refractivity contribution in [1.82, 2.24) is 9.80 Å². The Kier molecular flexibility index (Phi) is 7.01. The van der Waals surface area contributed by atoms with Crippen molar-refractivity contribution in [2.45, 2.75) is 26.3 Å². The van der Waals surface area contributed by atoms with Crippen LogP contribution in [0.2, 0.25) is 0 Å². The number of carbonyl (C=O) groups is 1. The van der Waals surface area contributed by atoms with E-state index in [0.717, 1.165) is 13.1 Å². The zero-order valence-electron chi connectivity index (χ0n) is 9.66. The number of nitrogens with zero attached hydrogens (tertiary/aromatic N) is 2. The Hall–Kier alpha value is -0.220. The molecule has 0 aliphatic heterocycles. The molecule has 4 heteroatoms. The van der Waals surface area contributed by atoms with Crippen LogP contribution in [-0.2, 0) is 4.79 Å². The van der Waals surface area contributed by atoms with Crippen LogP contribution >= 0.6 is 12.6 Å². The third kappa shape index (κ3) is 4.86. The van der Waals surface area contributed by atoms with E-state index >= 15 is 0 Å². The van der Waals surface area contributed by atoms with E-state index in [1.165, 1.54) is 0 Å². The predicted molar refractivity (Wildman–Crippen MR) is 63.9 cm³/mol. The second-order valence-corrected chi connectivity index (χ2v) is 4.21. The predicted octanol–water partition coefficient (Wildman–Crippen LogP) is 1.10. The molecule has 0 saturated carbocycles. The standard InChI is InChI=1S/C10H22N2OS/c1-5-12(10(13)6-7-14)9(2)8-11(3)4/h9,14H,5-8H2,1-4H3. The monoisotopic (exact) mass is 218 g/mol. The van der Waals surface area contributed by atoms with E-state index in [9.17, 15) is 4.79 Å². The van der Waals surface area contributed by atoms with Gasteiger partial charge >= 0.3 is 0 Å². The first-order valence-corrected chi connectivity index (χ1v) is 5.71. The summed E-state index contributed by atoms with van der Waals surface area (Å²) in [6.07, 6.45) is 0.536. The smallest absolute Gasteiger partial charge is 0.223 e. The maximum absolute atomic E-state index is 11.7. The average molecular weight is 218 g/mol. The highest BCUT2D eigenvalue weighted by Gasteiger charge is 2.17. The minimum Gasteiger partial charge on any atom is -0.339 e. The lowest BCUT2D eigenvalue weighted by Crippen LogP contribution is -2.43. The summed E-state index contributed by atoms with van der Waals surface area (Å²) >= 11 is 4.07. The van der Waals surface area contributed by atoms with Crippen molar-refractivity contribution in [2.24, 2.45) is 0 Å². The molecule has 0 aromatic heterocycles. The Balaban J connectivity index is 4.17. The van der Waals surface area contributed by atoms with Crippen molar-refractivity contribution in [3.63, 3.8) is 0 Å². The molecule has 0 aromatic rings. The van der Waals surface area contributed by atoms with Crippen molar-refractivity contribution in [3.05, 3.63) is 0 Å². The third-order valence-electron chi connectivity index (χ3n) is 2.15. The SMILES string of the molecule is CCN(C(=O)CCS)C(C)CN(C)C. The van der Waals surface area contributed by atoms with E-state index in [1.807, 2.05) is 25.9 Å².